The lowest BCUT2D eigenvalue weighted by Gasteiger charge is -2.21. The fraction of sp³-hybridized carbons (Fsp3) is 0.333. The Labute approximate surface area is 161 Å². The van der Waals surface area contributed by atoms with Gasteiger partial charge in [0.05, 0.1) is 10.6 Å². The van der Waals surface area contributed by atoms with E-state index in [0.29, 0.717) is 16.4 Å². The van der Waals surface area contributed by atoms with Crippen LogP contribution in [0.15, 0.2) is 18.2 Å². The molecule has 1 heterocycles. The van der Waals surface area contributed by atoms with Gasteiger partial charge in [-0.1, -0.05) is 48.4 Å². The van der Waals surface area contributed by atoms with Crippen molar-refractivity contribution in [3.05, 3.63) is 38.8 Å². The first kappa shape index (κ1) is 20.5. The Morgan fingerprint density at radius 2 is 1.88 bits per heavy atom. The van der Waals surface area contributed by atoms with E-state index >= 15 is 0 Å². The molecule has 0 saturated heterocycles. The normalized spacial score (nSPS) is 12.3. The van der Waals surface area contributed by atoms with Crippen LogP contribution in [0, 0.1) is 5.92 Å². The Hall–Kier alpha value is -1.84. The lowest BCUT2D eigenvalue weighted by molar-refractivity contribution is -0.118. The third-order valence-corrected chi connectivity index (χ3v) is 4.66. The smallest absolute Gasteiger partial charge is 0.291 e. The van der Waals surface area contributed by atoms with Gasteiger partial charge in [-0.25, -0.2) is 8.78 Å². The monoisotopic (exact) mass is 422 g/mol. The predicted octanol–water partition coefficient (Wildman–Crippen LogP) is 4.18. The molecule has 1 aromatic heterocycles. The summed E-state index contributed by atoms with van der Waals surface area (Å²) in [4.78, 5) is 24.8. The van der Waals surface area contributed by atoms with Crippen LogP contribution in [0.4, 0.5) is 13.9 Å². The molecule has 140 valence electrons. The second kappa shape index (κ2) is 8.70. The molecule has 2 N–H and O–H groups in total. The number of amides is 2. The van der Waals surface area contributed by atoms with E-state index in [1.54, 1.807) is 13.8 Å². The second-order valence-corrected chi connectivity index (χ2v) is 7.41. The third-order valence-electron chi connectivity index (χ3n) is 3.27. The minimum absolute atomic E-state index is 0.0743. The molecule has 0 saturated carbocycles. The van der Waals surface area contributed by atoms with E-state index in [0.717, 1.165) is 0 Å². The number of aromatic nitrogens is 2. The maximum absolute atomic E-state index is 12.5. The largest absolute Gasteiger partial charge is 0.340 e. The van der Waals surface area contributed by atoms with Gasteiger partial charge in [0, 0.05) is 5.02 Å². The lowest BCUT2D eigenvalue weighted by Crippen LogP contribution is -2.47. The molecule has 2 aromatic rings. The number of benzene rings is 1. The topological polar surface area (TPSA) is 84.0 Å². The first-order chi connectivity index (χ1) is 12.2. The van der Waals surface area contributed by atoms with Crippen molar-refractivity contribution in [2.24, 2.45) is 5.92 Å². The molecule has 0 bridgehead atoms. The van der Waals surface area contributed by atoms with Crippen molar-refractivity contribution < 1.29 is 18.4 Å². The molecule has 0 radical (unpaired) electrons. The molecule has 1 aromatic carbocycles. The van der Waals surface area contributed by atoms with Crippen molar-refractivity contribution in [3.63, 3.8) is 0 Å². The number of halogens is 4. The van der Waals surface area contributed by atoms with Crippen LogP contribution >= 0.6 is 34.5 Å². The minimum atomic E-state index is -2.77. The molecule has 2 rings (SSSR count). The number of hydrogen-bond donors (Lipinski definition) is 2. The molecule has 0 aliphatic carbocycles. The van der Waals surface area contributed by atoms with E-state index in [1.807, 2.05) is 0 Å². The first-order valence-corrected chi connectivity index (χ1v) is 8.94. The summed E-state index contributed by atoms with van der Waals surface area (Å²) in [6.07, 6.45) is -2.77. The Morgan fingerprint density at radius 1 is 1.19 bits per heavy atom. The van der Waals surface area contributed by atoms with Crippen LogP contribution in [0.3, 0.4) is 0 Å². The summed E-state index contributed by atoms with van der Waals surface area (Å²) in [6.45, 7) is 3.44. The van der Waals surface area contributed by atoms with E-state index in [2.05, 4.69) is 20.8 Å². The van der Waals surface area contributed by atoms with Gasteiger partial charge in [-0.3, -0.25) is 14.9 Å². The SMILES string of the molecule is CC(C)C(NC(=O)c1ccc(Cl)cc1Cl)C(=O)Nc1nnc(C(F)F)s1. The molecule has 6 nitrogen and oxygen atoms in total. The zero-order valence-corrected chi connectivity index (χ0v) is 15.9. The number of rotatable bonds is 6. The highest BCUT2D eigenvalue weighted by atomic mass is 35.5. The third kappa shape index (κ3) is 5.09. The summed E-state index contributed by atoms with van der Waals surface area (Å²) < 4.78 is 25.1. The molecular formula is C15H14Cl2F2N4O2S. The highest BCUT2D eigenvalue weighted by Gasteiger charge is 2.27. The van der Waals surface area contributed by atoms with Crippen molar-refractivity contribution in [2.75, 3.05) is 5.32 Å². The molecule has 1 unspecified atom stereocenters. The molecule has 0 spiro atoms. The van der Waals surface area contributed by atoms with E-state index in [1.165, 1.54) is 18.2 Å². The molecule has 0 fully saturated rings. The predicted molar refractivity (Wildman–Crippen MR) is 96.0 cm³/mol. The van der Waals surface area contributed by atoms with Gasteiger partial charge in [0.2, 0.25) is 11.0 Å². The van der Waals surface area contributed by atoms with Crippen LogP contribution in [0.1, 0.15) is 35.6 Å². The minimum Gasteiger partial charge on any atom is -0.340 e. The van der Waals surface area contributed by atoms with Gasteiger partial charge in [-0.05, 0) is 24.1 Å². The van der Waals surface area contributed by atoms with Crippen molar-refractivity contribution in [1.82, 2.24) is 15.5 Å². The summed E-state index contributed by atoms with van der Waals surface area (Å²) in [7, 11) is 0. The summed E-state index contributed by atoms with van der Waals surface area (Å²) in [5.41, 5.74) is 0.158. The number of carbonyl (C=O) groups is 2. The van der Waals surface area contributed by atoms with Gasteiger partial charge in [0.1, 0.15) is 6.04 Å². The number of nitrogens with one attached hydrogen (secondary N) is 2. The number of carbonyl (C=O) groups excluding carboxylic acids is 2. The maximum Gasteiger partial charge on any atom is 0.291 e. The maximum atomic E-state index is 12.5. The van der Waals surface area contributed by atoms with E-state index in [-0.39, 0.29) is 21.6 Å². The van der Waals surface area contributed by atoms with Crippen molar-refractivity contribution in [2.45, 2.75) is 26.3 Å². The van der Waals surface area contributed by atoms with Crippen LogP contribution in [-0.4, -0.2) is 28.1 Å². The average molecular weight is 423 g/mol. The van der Waals surface area contributed by atoms with Crippen LogP contribution in [0.25, 0.3) is 0 Å². The van der Waals surface area contributed by atoms with Gasteiger partial charge >= 0.3 is 0 Å². The lowest BCUT2D eigenvalue weighted by atomic mass is 10.0. The quantitative estimate of drug-likeness (QED) is 0.731. The van der Waals surface area contributed by atoms with Gasteiger partial charge in [0.25, 0.3) is 12.3 Å². The van der Waals surface area contributed by atoms with Crippen molar-refractivity contribution in [3.8, 4) is 0 Å². The van der Waals surface area contributed by atoms with E-state index < -0.39 is 29.3 Å². The highest BCUT2D eigenvalue weighted by Crippen LogP contribution is 2.25. The average Bonchev–Trinajstić information content (AvgIpc) is 3.00. The molecule has 0 aliphatic heterocycles. The van der Waals surface area contributed by atoms with Crippen molar-refractivity contribution in [1.29, 1.82) is 0 Å². The molecule has 26 heavy (non-hydrogen) atoms. The van der Waals surface area contributed by atoms with E-state index in [9.17, 15) is 18.4 Å². The Bertz CT molecular complexity index is 817. The van der Waals surface area contributed by atoms with Gasteiger partial charge in [-0.2, -0.15) is 0 Å². The van der Waals surface area contributed by atoms with Crippen LogP contribution in [-0.2, 0) is 4.79 Å². The van der Waals surface area contributed by atoms with Gasteiger partial charge < -0.3 is 5.32 Å². The Balaban J connectivity index is 2.11. The van der Waals surface area contributed by atoms with Gasteiger partial charge in [-0.15, -0.1) is 10.2 Å². The van der Waals surface area contributed by atoms with Gasteiger partial charge in [0.15, 0.2) is 5.01 Å². The zero-order valence-electron chi connectivity index (χ0n) is 13.6. The standard InChI is InChI=1S/C15H14Cl2F2N4O2S/c1-6(2)10(13(25)21-15-23-22-14(26-15)11(18)19)20-12(24)8-4-3-7(16)5-9(8)17/h3-6,10-11H,1-2H3,(H,20,24)(H,21,23,25). The van der Waals surface area contributed by atoms with Crippen LogP contribution in [0.2, 0.25) is 10.0 Å². The number of nitrogens with zero attached hydrogens (tertiary/aromatic N) is 2. The number of hydrogen-bond acceptors (Lipinski definition) is 5. The first-order valence-electron chi connectivity index (χ1n) is 7.37. The van der Waals surface area contributed by atoms with Crippen LogP contribution in [0.5, 0.6) is 0 Å². The zero-order chi connectivity index (χ0) is 19.4. The van der Waals surface area contributed by atoms with Crippen LogP contribution < -0.4 is 10.6 Å². The number of alkyl halides is 2. The Morgan fingerprint density at radius 3 is 2.42 bits per heavy atom. The summed E-state index contributed by atoms with van der Waals surface area (Å²) in [5.74, 6) is -1.45. The molecule has 11 heteroatoms. The summed E-state index contributed by atoms with van der Waals surface area (Å²) >= 11 is 12.4. The number of anilines is 1. The highest BCUT2D eigenvalue weighted by molar-refractivity contribution is 7.15. The fourth-order valence-corrected chi connectivity index (χ4v) is 3.08. The molecule has 2 amide bonds. The summed E-state index contributed by atoms with van der Waals surface area (Å²) in [5, 5.41) is 11.7. The molecular weight excluding hydrogens is 409 g/mol. The Kier molecular flexibility index (Phi) is 6.85. The summed E-state index contributed by atoms with van der Waals surface area (Å²) in [6, 6.07) is 3.41. The fourth-order valence-electron chi connectivity index (χ4n) is 1.98. The van der Waals surface area contributed by atoms with Crippen molar-refractivity contribution >= 4 is 51.5 Å². The molecule has 0 aliphatic rings. The molecule has 1 atom stereocenters. The second-order valence-electron chi connectivity index (χ2n) is 5.55. The van der Waals surface area contributed by atoms with E-state index in [4.69, 9.17) is 23.2 Å².